The van der Waals surface area contributed by atoms with Crippen LogP contribution in [-0.4, -0.2) is 4.92 Å². The molecule has 0 radical (unpaired) electrons. The number of nitrogen functional groups attached to an aromatic ring is 1. The Labute approximate surface area is 115 Å². The first-order valence-corrected chi connectivity index (χ1v) is 5.97. The lowest BCUT2D eigenvalue weighted by Crippen LogP contribution is -2.03. The van der Waals surface area contributed by atoms with Crippen LogP contribution in [0.25, 0.3) is 0 Å². The second-order valence-electron chi connectivity index (χ2n) is 3.97. The fourth-order valence-electron chi connectivity index (χ4n) is 1.65. The molecular formula is C13H12ClN3O2. The minimum Gasteiger partial charge on any atom is -0.398 e. The third kappa shape index (κ3) is 3.14. The summed E-state index contributed by atoms with van der Waals surface area (Å²) < 4.78 is 0. The van der Waals surface area contributed by atoms with Crippen LogP contribution in [-0.2, 0) is 6.54 Å². The Bertz CT molecular complexity index is 617. The van der Waals surface area contributed by atoms with Crippen molar-refractivity contribution in [1.82, 2.24) is 0 Å². The zero-order valence-electron chi connectivity index (χ0n) is 9.97. The minimum absolute atomic E-state index is 0.00654. The number of nitro groups is 1. The maximum Gasteiger partial charge on any atom is 0.271 e. The summed E-state index contributed by atoms with van der Waals surface area (Å²) in [4.78, 5) is 10.2. The van der Waals surface area contributed by atoms with Crippen LogP contribution in [0.3, 0.4) is 0 Å². The molecule has 0 spiro atoms. The number of nitrogens with zero attached hydrogens (tertiary/aromatic N) is 1. The first-order valence-electron chi connectivity index (χ1n) is 5.59. The summed E-state index contributed by atoms with van der Waals surface area (Å²) >= 11 is 5.99. The monoisotopic (exact) mass is 277 g/mol. The van der Waals surface area contributed by atoms with E-state index in [1.54, 1.807) is 6.07 Å². The molecule has 0 aliphatic rings. The van der Waals surface area contributed by atoms with Crippen LogP contribution in [0.1, 0.15) is 5.56 Å². The number of hydrogen-bond acceptors (Lipinski definition) is 4. The number of para-hydroxylation sites is 1. The molecule has 2 aromatic carbocycles. The van der Waals surface area contributed by atoms with Crippen molar-refractivity contribution in [3.8, 4) is 0 Å². The van der Waals surface area contributed by atoms with Crippen LogP contribution in [0.15, 0.2) is 42.5 Å². The van der Waals surface area contributed by atoms with E-state index in [-0.39, 0.29) is 5.69 Å². The first-order chi connectivity index (χ1) is 9.08. The number of halogens is 1. The van der Waals surface area contributed by atoms with Gasteiger partial charge in [-0.25, -0.2) is 0 Å². The smallest absolute Gasteiger partial charge is 0.271 e. The standard InChI is InChI=1S/C13H12ClN3O2/c14-11-6-5-10(17(18)19)7-13(11)16-8-9-3-1-2-4-12(9)15/h1-7,16H,8,15H2. The molecule has 0 aromatic heterocycles. The highest BCUT2D eigenvalue weighted by molar-refractivity contribution is 6.33. The van der Waals surface area contributed by atoms with E-state index in [2.05, 4.69) is 5.32 Å². The lowest BCUT2D eigenvalue weighted by molar-refractivity contribution is -0.384. The van der Waals surface area contributed by atoms with Gasteiger partial charge in [-0.15, -0.1) is 0 Å². The van der Waals surface area contributed by atoms with Gasteiger partial charge in [0.15, 0.2) is 0 Å². The Morgan fingerprint density at radius 1 is 1.26 bits per heavy atom. The van der Waals surface area contributed by atoms with E-state index in [9.17, 15) is 10.1 Å². The predicted octanol–water partition coefficient (Wildman–Crippen LogP) is 3.44. The maximum atomic E-state index is 10.7. The molecule has 2 aromatic rings. The van der Waals surface area contributed by atoms with Gasteiger partial charge in [0, 0.05) is 24.4 Å². The van der Waals surface area contributed by atoms with Crippen molar-refractivity contribution >= 4 is 28.7 Å². The van der Waals surface area contributed by atoms with Gasteiger partial charge in [0.05, 0.1) is 15.6 Å². The van der Waals surface area contributed by atoms with Crippen molar-refractivity contribution in [3.05, 3.63) is 63.2 Å². The molecule has 0 bridgehead atoms. The summed E-state index contributed by atoms with van der Waals surface area (Å²) in [6.07, 6.45) is 0. The van der Waals surface area contributed by atoms with Crippen molar-refractivity contribution in [3.63, 3.8) is 0 Å². The van der Waals surface area contributed by atoms with Crippen molar-refractivity contribution in [2.24, 2.45) is 0 Å². The minimum atomic E-state index is -0.460. The second-order valence-corrected chi connectivity index (χ2v) is 4.38. The molecule has 0 aliphatic carbocycles. The lowest BCUT2D eigenvalue weighted by atomic mass is 10.2. The summed E-state index contributed by atoms with van der Waals surface area (Å²) in [7, 11) is 0. The van der Waals surface area contributed by atoms with Gasteiger partial charge in [0.2, 0.25) is 0 Å². The van der Waals surface area contributed by atoms with E-state index in [4.69, 9.17) is 17.3 Å². The number of rotatable bonds is 4. The van der Waals surface area contributed by atoms with Gasteiger partial charge in [-0.05, 0) is 17.7 Å². The second kappa shape index (κ2) is 5.58. The molecule has 3 N–H and O–H groups in total. The number of benzene rings is 2. The van der Waals surface area contributed by atoms with Crippen LogP contribution in [0, 0.1) is 10.1 Å². The zero-order valence-corrected chi connectivity index (χ0v) is 10.7. The summed E-state index contributed by atoms with van der Waals surface area (Å²) in [5.74, 6) is 0. The Morgan fingerprint density at radius 3 is 2.68 bits per heavy atom. The molecule has 5 nitrogen and oxygen atoms in total. The molecule has 0 heterocycles. The highest BCUT2D eigenvalue weighted by Crippen LogP contribution is 2.27. The highest BCUT2D eigenvalue weighted by Gasteiger charge is 2.09. The summed E-state index contributed by atoms with van der Waals surface area (Å²) in [5.41, 5.74) is 7.90. The summed E-state index contributed by atoms with van der Waals surface area (Å²) in [5, 5.41) is 14.2. The molecule has 0 amide bonds. The fourth-order valence-corrected chi connectivity index (χ4v) is 1.83. The summed E-state index contributed by atoms with van der Waals surface area (Å²) in [6, 6.07) is 11.7. The van der Waals surface area contributed by atoms with Gasteiger partial charge >= 0.3 is 0 Å². The largest absolute Gasteiger partial charge is 0.398 e. The van der Waals surface area contributed by atoms with E-state index >= 15 is 0 Å². The number of nitro benzene ring substituents is 1. The SMILES string of the molecule is Nc1ccccc1CNc1cc([N+](=O)[O-])ccc1Cl. The van der Waals surface area contributed by atoms with Gasteiger partial charge in [0.25, 0.3) is 5.69 Å². The summed E-state index contributed by atoms with van der Waals surface area (Å²) in [6.45, 7) is 0.452. The van der Waals surface area contributed by atoms with Gasteiger partial charge in [-0.2, -0.15) is 0 Å². The molecule has 19 heavy (non-hydrogen) atoms. The molecule has 2 rings (SSSR count). The van der Waals surface area contributed by atoms with Crippen molar-refractivity contribution < 1.29 is 4.92 Å². The lowest BCUT2D eigenvalue weighted by Gasteiger charge is -2.10. The number of nitrogens with one attached hydrogen (secondary N) is 1. The van der Waals surface area contributed by atoms with Gasteiger partial charge < -0.3 is 11.1 Å². The number of nitrogens with two attached hydrogens (primary N) is 1. The maximum absolute atomic E-state index is 10.7. The van der Waals surface area contributed by atoms with Crippen molar-refractivity contribution in [2.45, 2.75) is 6.54 Å². The number of hydrogen-bond donors (Lipinski definition) is 2. The average Bonchev–Trinajstić information content (AvgIpc) is 2.39. The molecule has 0 fully saturated rings. The van der Waals surface area contributed by atoms with Crippen LogP contribution in [0.5, 0.6) is 0 Å². The van der Waals surface area contributed by atoms with E-state index in [0.717, 1.165) is 5.56 Å². The molecule has 6 heteroatoms. The fraction of sp³-hybridized carbons (Fsp3) is 0.0769. The molecular weight excluding hydrogens is 266 g/mol. The van der Waals surface area contributed by atoms with Crippen LogP contribution in [0.2, 0.25) is 5.02 Å². The Morgan fingerprint density at radius 2 is 2.00 bits per heavy atom. The van der Waals surface area contributed by atoms with E-state index < -0.39 is 4.92 Å². The first kappa shape index (κ1) is 13.2. The number of non-ortho nitro benzene ring substituents is 1. The van der Waals surface area contributed by atoms with Gasteiger partial charge in [0.1, 0.15) is 0 Å². The predicted molar refractivity (Wildman–Crippen MR) is 76.3 cm³/mol. The van der Waals surface area contributed by atoms with Crippen LogP contribution in [0.4, 0.5) is 17.1 Å². The van der Waals surface area contributed by atoms with Crippen molar-refractivity contribution in [1.29, 1.82) is 0 Å². The third-order valence-corrected chi connectivity index (χ3v) is 3.01. The molecule has 0 saturated carbocycles. The van der Waals surface area contributed by atoms with E-state index in [1.807, 2.05) is 18.2 Å². The third-order valence-electron chi connectivity index (χ3n) is 2.69. The Hall–Kier alpha value is -2.27. The Balaban J connectivity index is 2.17. The number of anilines is 2. The normalized spacial score (nSPS) is 10.2. The van der Waals surface area contributed by atoms with Crippen LogP contribution >= 0.6 is 11.6 Å². The zero-order chi connectivity index (χ0) is 13.8. The molecule has 98 valence electrons. The van der Waals surface area contributed by atoms with E-state index in [0.29, 0.717) is 22.9 Å². The molecule has 0 saturated heterocycles. The average molecular weight is 278 g/mol. The highest BCUT2D eigenvalue weighted by atomic mass is 35.5. The topological polar surface area (TPSA) is 81.2 Å². The molecule has 0 aliphatic heterocycles. The van der Waals surface area contributed by atoms with Crippen molar-refractivity contribution in [2.75, 3.05) is 11.1 Å². The van der Waals surface area contributed by atoms with Gasteiger partial charge in [-0.1, -0.05) is 29.8 Å². The molecule has 0 atom stereocenters. The Kier molecular flexibility index (Phi) is 3.87. The van der Waals surface area contributed by atoms with E-state index in [1.165, 1.54) is 18.2 Å². The van der Waals surface area contributed by atoms with Crippen LogP contribution < -0.4 is 11.1 Å². The quantitative estimate of drug-likeness (QED) is 0.509. The van der Waals surface area contributed by atoms with Gasteiger partial charge in [-0.3, -0.25) is 10.1 Å². The molecule has 0 unspecified atom stereocenters.